The van der Waals surface area contributed by atoms with E-state index in [1.54, 1.807) is 42.6 Å². The number of H-pyrrole nitrogens is 1. The van der Waals surface area contributed by atoms with Crippen LogP contribution in [0.2, 0.25) is 5.02 Å². The van der Waals surface area contributed by atoms with Crippen molar-refractivity contribution in [1.29, 1.82) is 0 Å². The molecule has 0 saturated heterocycles. The minimum atomic E-state index is -4.55. The third kappa shape index (κ3) is 3.02. The molecule has 0 spiro atoms. The molecule has 0 unspecified atom stereocenters. The lowest BCUT2D eigenvalue weighted by Crippen LogP contribution is -2.07. The second-order valence-electron chi connectivity index (χ2n) is 5.41. The molecular formula is C17H10ClF3N4S. The van der Waals surface area contributed by atoms with Crippen LogP contribution in [0, 0.1) is 0 Å². The van der Waals surface area contributed by atoms with Crippen molar-refractivity contribution < 1.29 is 13.2 Å². The highest BCUT2D eigenvalue weighted by molar-refractivity contribution is 7.18. The van der Waals surface area contributed by atoms with Crippen LogP contribution in [0.3, 0.4) is 0 Å². The molecule has 0 bridgehead atoms. The number of aromatic nitrogens is 4. The van der Waals surface area contributed by atoms with Crippen molar-refractivity contribution in [2.24, 2.45) is 0 Å². The zero-order valence-electron chi connectivity index (χ0n) is 13.0. The molecule has 1 aromatic carbocycles. The van der Waals surface area contributed by atoms with Gasteiger partial charge >= 0.3 is 6.18 Å². The Labute approximate surface area is 154 Å². The predicted octanol–water partition coefficient (Wildman–Crippen LogP) is 5.66. The molecule has 0 aliphatic carbocycles. The van der Waals surface area contributed by atoms with Crippen molar-refractivity contribution >= 4 is 22.9 Å². The predicted molar refractivity (Wildman–Crippen MR) is 94.5 cm³/mol. The van der Waals surface area contributed by atoms with Gasteiger partial charge in [0.15, 0.2) is 5.69 Å². The number of aromatic amines is 1. The fourth-order valence-electron chi connectivity index (χ4n) is 2.52. The fraction of sp³-hybridized carbons (Fsp3) is 0.0588. The van der Waals surface area contributed by atoms with Gasteiger partial charge in [0.2, 0.25) is 0 Å². The first kappa shape index (κ1) is 16.9. The first-order valence-corrected chi connectivity index (χ1v) is 8.65. The standard InChI is InChI=1S/C17H10ClF3N4S/c18-10-3-1-2-4-12(10)25-13(9-16(24-25)17(19,20)21)15-6-5-14(26-15)11-7-8-22-23-11/h1-9H,(H,22,23). The first-order valence-electron chi connectivity index (χ1n) is 7.45. The van der Waals surface area contributed by atoms with Crippen LogP contribution >= 0.6 is 22.9 Å². The van der Waals surface area contributed by atoms with Gasteiger partial charge in [0, 0.05) is 6.20 Å². The van der Waals surface area contributed by atoms with Gasteiger partial charge in [-0.25, -0.2) is 4.68 Å². The lowest BCUT2D eigenvalue weighted by atomic mass is 10.2. The number of nitrogens with one attached hydrogen (secondary N) is 1. The Morgan fingerprint density at radius 1 is 1.04 bits per heavy atom. The highest BCUT2D eigenvalue weighted by atomic mass is 35.5. The smallest absolute Gasteiger partial charge is 0.277 e. The molecule has 0 fully saturated rings. The lowest BCUT2D eigenvalue weighted by molar-refractivity contribution is -0.141. The summed E-state index contributed by atoms with van der Waals surface area (Å²) in [5.41, 5.74) is 0.530. The number of nitrogens with zero attached hydrogens (tertiary/aromatic N) is 3. The van der Waals surface area contributed by atoms with Crippen molar-refractivity contribution in [3.63, 3.8) is 0 Å². The van der Waals surface area contributed by atoms with Gasteiger partial charge < -0.3 is 0 Å². The van der Waals surface area contributed by atoms with Crippen molar-refractivity contribution in [1.82, 2.24) is 20.0 Å². The average Bonchev–Trinajstić information content (AvgIpc) is 3.33. The van der Waals surface area contributed by atoms with Crippen LogP contribution in [-0.2, 0) is 6.18 Å². The summed E-state index contributed by atoms with van der Waals surface area (Å²) in [4.78, 5) is 1.50. The van der Waals surface area contributed by atoms with E-state index < -0.39 is 11.9 Å². The number of para-hydroxylation sites is 1. The van der Waals surface area contributed by atoms with Gasteiger partial charge in [0.25, 0.3) is 0 Å². The molecule has 9 heteroatoms. The summed E-state index contributed by atoms with van der Waals surface area (Å²) in [5.74, 6) is 0. The van der Waals surface area contributed by atoms with Gasteiger partial charge in [-0.2, -0.15) is 23.4 Å². The molecule has 132 valence electrons. The Morgan fingerprint density at radius 3 is 2.50 bits per heavy atom. The topological polar surface area (TPSA) is 46.5 Å². The van der Waals surface area contributed by atoms with Crippen molar-refractivity contribution in [2.45, 2.75) is 6.18 Å². The van der Waals surface area contributed by atoms with E-state index in [2.05, 4.69) is 15.3 Å². The molecule has 3 aromatic heterocycles. The summed E-state index contributed by atoms with van der Waals surface area (Å²) in [5, 5.41) is 10.8. The molecule has 4 nitrogen and oxygen atoms in total. The van der Waals surface area contributed by atoms with E-state index in [4.69, 9.17) is 11.6 Å². The van der Waals surface area contributed by atoms with E-state index >= 15 is 0 Å². The number of hydrogen-bond donors (Lipinski definition) is 1. The second-order valence-corrected chi connectivity index (χ2v) is 6.90. The van der Waals surface area contributed by atoms with Crippen LogP contribution in [0.15, 0.2) is 54.7 Å². The summed E-state index contributed by atoms with van der Waals surface area (Å²) in [6.45, 7) is 0. The molecule has 3 heterocycles. The summed E-state index contributed by atoms with van der Waals surface area (Å²) in [6, 6.07) is 13.1. The number of rotatable bonds is 3. The van der Waals surface area contributed by atoms with Crippen molar-refractivity contribution in [3.05, 3.63) is 65.4 Å². The zero-order valence-corrected chi connectivity index (χ0v) is 14.5. The van der Waals surface area contributed by atoms with Crippen LogP contribution < -0.4 is 0 Å². The Morgan fingerprint density at radius 2 is 1.81 bits per heavy atom. The fourth-order valence-corrected chi connectivity index (χ4v) is 3.71. The number of hydrogen-bond acceptors (Lipinski definition) is 3. The number of thiophene rings is 1. The normalized spacial score (nSPS) is 11.8. The summed E-state index contributed by atoms with van der Waals surface area (Å²) in [7, 11) is 0. The first-order chi connectivity index (χ1) is 12.4. The maximum Gasteiger partial charge on any atom is 0.435 e. The molecule has 4 aromatic rings. The number of halogens is 4. The molecule has 0 aliphatic rings. The van der Waals surface area contributed by atoms with Crippen LogP contribution in [0.5, 0.6) is 0 Å². The van der Waals surface area contributed by atoms with E-state index in [1.807, 2.05) is 6.07 Å². The molecule has 1 N–H and O–H groups in total. The molecule has 26 heavy (non-hydrogen) atoms. The number of benzene rings is 1. The summed E-state index contributed by atoms with van der Waals surface area (Å²) >= 11 is 7.52. The van der Waals surface area contributed by atoms with Crippen LogP contribution in [0.1, 0.15) is 5.69 Å². The summed E-state index contributed by atoms with van der Waals surface area (Å²) in [6.07, 6.45) is -2.94. The average molecular weight is 395 g/mol. The Kier molecular flexibility index (Phi) is 4.08. The summed E-state index contributed by atoms with van der Waals surface area (Å²) < 4.78 is 40.9. The SMILES string of the molecule is FC(F)(F)c1cc(-c2ccc(-c3ccn[nH]3)s2)n(-c2ccccc2Cl)n1. The highest BCUT2D eigenvalue weighted by Crippen LogP contribution is 2.38. The van der Waals surface area contributed by atoms with Crippen LogP contribution in [0.4, 0.5) is 13.2 Å². The Balaban J connectivity index is 1.88. The van der Waals surface area contributed by atoms with Gasteiger partial charge in [-0.1, -0.05) is 23.7 Å². The molecular weight excluding hydrogens is 385 g/mol. The van der Waals surface area contributed by atoms with E-state index in [0.717, 1.165) is 16.6 Å². The molecule has 0 saturated carbocycles. The third-order valence-corrected chi connectivity index (χ3v) is 5.17. The lowest BCUT2D eigenvalue weighted by Gasteiger charge is -2.08. The Hall–Kier alpha value is -2.58. The van der Waals surface area contributed by atoms with E-state index in [-0.39, 0.29) is 0 Å². The van der Waals surface area contributed by atoms with Gasteiger partial charge in [-0.15, -0.1) is 11.3 Å². The van der Waals surface area contributed by atoms with E-state index in [0.29, 0.717) is 21.3 Å². The molecule has 0 atom stereocenters. The highest BCUT2D eigenvalue weighted by Gasteiger charge is 2.35. The van der Waals surface area contributed by atoms with E-state index in [1.165, 1.54) is 16.0 Å². The van der Waals surface area contributed by atoms with Crippen LogP contribution in [-0.4, -0.2) is 20.0 Å². The van der Waals surface area contributed by atoms with Gasteiger partial charge in [0.05, 0.1) is 31.9 Å². The molecule has 0 amide bonds. The second kappa shape index (κ2) is 6.30. The molecule has 4 rings (SSSR count). The van der Waals surface area contributed by atoms with Gasteiger partial charge in [-0.05, 0) is 36.4 Å². The minimum absolute atomic E-state index is 0.316. The van der Waals surface area contributed by atoms with E-state index in [9.17, 15) is 13.2 Å². The van der Waals surface area contributed by atoms with Crippen LogP contribution in [0.25, 0.3) is 26.8 Å². The molecule has 0 radical (unpaired) electrons. The monoisotopic (exact) mass is 394 g/mol. The largest absolute Gasteiger partial charge is 0.435 e. The van der Waals surface area contributed by atoms with Crippen molar-refractivity contribution in [2.75, 3.05) is 0 Å². The van der Waals surface area contributed by atoms with Gasteiger partial charge in [0.1, 0.15) is 0 Å². The maximum atomic E-state index is 13.2. The quantitative estimate of drug-likeness (QED) is 0.487. The Bertz CT molecular complexity index is 1050. The van der Waals surface area contributed by atoms with Gasteiger partial charge in [-0.3, -0.25) is 5.10 Å². The van der Waals surface area contributed by atoms with Crippen molar-refractivity contribution in [3.8, 4) is 26.8 Å². The minimum Gasteiger partial charge on any atom is -0.277 e. The molecule has 0 aliphatic heterocycles. The maximum absolute atomic E-state index is 13.2. The zero-order chi connectivity index (χ0) is 18.3. The number of alkyl halides is 3. The third-order valence-electron chi connectivity index (χ3n) is 3.71.